The van der Waals surface area contributed by atoms with Crippen LogP contribution in [0.1, 0.15) is 10.4 Å². The molecule has 1 amide bonds. The lowest BCUT2D eigenvalue weighted by Crippen LogP contribution is -2.11. The van der Waals surface area contributed by atoms with E-state index in [1.54, 1.807) is 36.0 Å². The van der Waals surface area contributed by atoms with E-state index in [-0.39, 0.29) is 5.91 Å². The number of rotatable bonds is 4. The minimum absolute atomic E-state index is 0.136. The van der Waals surface area contributed by atoms with Gasteiger partial charge in [-0.3, -0.25) is 4.79 Å². The third-order valence-corrected chi connectivity index (χ3v) is 4.47. The van der Waals surface area contributed by atoms with Crippen molar-refractivity contribution in [3.05, 3.63) is 89.4 Å². The van der Waals surface area contributed by atoms with Crippen molar-refractivity contribution < 1.29 is 4.79 Å². The number of carbonyl (C=O) groups excluding carboxylic acids is 1. The summed E-state index contributed by atoms with van der Waals surface area (Å²) in [5.74, 6) is -0.136. The maximum Gasteiger partial charge on any atom is 0.255 e. The Morgan fingerprint density at radius 2 is 1.39 bits per heavy atom. The van der Waals surface area contributed by atoms with Crippen molar-refractivity contribution >= 4 is 35.0 Å². The zero-order valence-electron chi connectivity index (χ0n) is 12.2. The molecule has 0 unspecified atom stereocenters. The van der Waals surface area contributed by atoms with Crippen molar-refractivity contribution in [3.63, 3.8) is 0 Å². The molecule has 0 aliphatic rings. The summed E-state index contributed by atoms with van der Waals surface area (Å²) in [4.78, 5) is 14.5. The zero-order valence-corrected chi connectivity index (χ0v) is 13.8. The minimum Gasteiger partial charge on any atom is -0.322 e. The highest BCUT2D eigenvalue weighted by molar-refractivity contribution is 7.99. The van der Waals surface area contributed by atoms with Gasteiger partial charge < -0.3 is 5.32 Å². The average molecular weight is 340 g/mol. The Hall–Kier alpha value is -2.23. The lowest BCUT2D eigenvalue weighted by Gasteiger charge is -2.06. The number of halogens is 1. The highest BCUT2D eigenvalue weighted by Crippen LogP contribution is 2.27. The average Bonchev–Trinajstić information content (AvgIpc) is 2.58. The smallest absolute Gasteiger partial charge is 0.255 e. The number of amides is 1. The van der Waals surface area contributed by atoms with Crippen molar-refractivity contribution in [2.45, 2.75) is 9.79 Å². The quantitative estimate of drug-likeness (QED) is 0.656. The normalized spacial score (nSPS) is 10.3. The highest BCUT2D eigenvalue weighted by Gasteiger charge is 2.06. The summed E-state index contributed by atoms with van der Waals surface area (Å²) in [5, 5.41) is 3.49. The van der Waals surface area contributed by atoms with Crippen LogP contribution in [0.4, 0.5) is 5.69 Å². The Morgan fingerprint density at radius 3 is 2.04 bits per heavy atom. The topological polar surface area (TPSA) is 29.1 Å². The summed E-state index contributed by atoms with van der Waals surface area (Å²) >= 11 is 7.50. The second-order valence-corrected chi connectivity index (χ2v) is 6.48. The number of hydrogen-bond donors (Lipinski definition) is 1. The standard InChI is InChI=1S/C19H14ClNOS/c20-15-8-10-16(11-9-15)21-19(22)14-6-12-18(13-7-14)23-17-4-2-1-3-5-17/h1-13H,(H,21,22). The van der Waals surface area contributed by atoms with E-state index in [4.69, 9.17) is 11.6 Å². The monoisotopic (exact) mass is 339 g/mol. The minimum atomic E-state index is -0.136. The molecule has 0 fully saturated rings. The highest BCUT2D eigenvalue weighted by atomic mass is 35.5. The Bertz CT molecular complexity index is 786. The van der Waals surface area contributed by atoms with Gasteiger partial charge >= 0.3 is 0 Å². The van der Waals surface area contributed by atoms with Crippen LogP contribution in [0.15, 0.2) is 88.7 Å². The molecule has 2 nitrogen and oxygen atoms in total. The zero-order chi connectivity index (χ0) is 16.1. The fourth-order valence-corrected chi connectivity index (χ4v) is 3.00. The van der Waals surface area contributed by atoms with E-state index in [1.807, 2.05) is 42.5 Å². The second kappa shape index (κ2) is 7.36. The van der Waals surface area contributed by atoms with Crippen LogP contribution in [-0.2, 0) is 0 Å². The molecule has 0 saturated carbocycles. The molecule has 4 heteroatoms. The van der Waals surface area contributed by atoms with Crippen LogP contribution in [0.2, 0.25) is 5.02 Å². The Kier molecular flexibility index (Phi) is 5.01. The van der Waals surface area contributed by atoms with Gasteiger partial charge in [-0.15, -0.1) is 0 Å². The molecule has 0 aliphatic heterocycles. The molecule has 23 heavy (non-hydrogen) atoms. The van der Waals surface area contributed by atoms with Gasteiger partial charge in [0.15, 0.2) is 0 Å². The molecule has 0 radical (unpaired) electrons. The Morgan fingerprint density at radius 1 is 0.783 bits per heavy atom. The van der Waals surface area contributed by atoms with Crippen LogP contribution in [0, 0.1) is 0 Å². The van der Waals surface area contributed by atoms with Crippen LogP contribution in [0.3, 0.4) is 0 Å². The number of anilines is 1. The van der Waals surface area contributed by atoms with Gasteiger partial charge in [0, 0.05) is 26.1 Å². The van der Waals surface area contributed by atoms with Gasteiger partial charge in [-0.25, -0.2) is 0 Å². The first-order valence-corrected chi connectivity index (χ1v) is 8.30. The fourth-order valence-electron chi connectivity index (χ4n) is 2.04. The second-order valence-electron chi connectivity index (χ2n) is 4.90. The largest absolute Gasteiger partial charge is 0.322 e. The van der Waals surface area contributed by atoms with E-state index in [2.05, 4.69) is 17.4 Å². The van der Waals surface area contributed by atoms with E-state index < -0.39 is 0 Å². The molecular weight excluding hydrogens is 326 g/mol. The number of carbonyl (C=O) groups is 1. The molecule has 0 spiro atoms. The van der Waals surface area contributed by atoms with Gasteiger partial charge in [0.2, 0.25) is 0 Å². The van der Waals surface area contributed by atoms with E-state index in [1.165, 1.54) is 4.90 Å². The summed E-state index contributed by atoms with van der Waals surface area (Å²) in [6.45, 7) is 0. The molecule has 0 saturated heterocycles. The lowest BCUT2D eigenvalue weighted by molar-refractivity contribution is 0.102. The molecule has 0 heterocycles. The fraction of sp³-hybridized carbons (Fsp3) is 0. The molecule has 0 aromatic heterocycles. The Labute approximate surface area is 144 Å². The van der Waals surface area contributed by atoms with Gasteiger partial charge in [0.05, 0.1) is 0 Å². The van der Waals surface area contributed by atoms with E-state index in [9.17, 15) is 4.79 Å². The summed E-state index contributed by atoms with van der Waals surface area (Å²) in [5.41, 5.74) is 1.35. The summed E-state index contributed by atoms with van der Waals surface area (Å²) in [6.07, 6.45) is 0. The molecule has 0 atom stereocenters. The number of benzene rings is 3. The maximum absolute atomic E-state index is 12.2. The van der Waals surface area contributed by atoms with Gasteiger partial charge in [0.1, 0.15) is 0 Å². The van der Waals surface area contributed by atoms with Crippen LogP contribution < -0.4 is 5.32 Å². The SMILES string of the molecule is O=C(Nc1ccc(Cl)cc1)c1ccc(Sc2ccccc2)cc1. The predicted octanol–water partition coefficient (Wildman–Crippen LogP) is 5.74. The van der Waals surface area contributed by atoms with Crippen molar-refractivity contribution in [2.75, 3.05) is 5.32 Å². The van der Waals surface area contributed by atoms with E-state index in [0.29, 0.717) is 10.6 Å². The molecular formula is C19H14ClNOS. The van der Waals surface area contributed by atoms with E-state index >= 15 is 0 Å². The maximum atomic E-state index is 12.2. The van der Waals surface area contributed by atoms with Gasteiger partial charge in [-0.05, 0) is 60.7 Å². The summed E-state index contributed by atoms with van der Waals surface area (Å²) in [6, 6.07) is 24.8. The first kappa shape index (κ1) is 15.7. The van der Waals surface area contributed by atoms with Crippen molar-refractivity contribution in [1.29, 1.82) is 0 Å². The Balaban J connectivity index is 1.66. The number of nitrogens with one attached hydrogen (secondary N) is 1. The molecule has 114 valence electrons. The van der Waals surface area contributed by atoms with Crippen LogP contribution in [0.5, 0.6) is 0 Å². The molecule has 0 aliphatic carbocycles. The van der Waals surface area contributed by atoms with Crippen LogP contribution >= 0.6 is 23.4 Å². The molecule has 1 N–H and O–H groups in total. The van der Waals surface area contributed by atoms with Gasteiger partial charge in [-0.1, -0.05) is 41.6 Å². The first-order chi connectivity index (χ1) is 11.2. The molecule has 3 rings (SSSR count). The molecule has 3 aromatic carbocycles. The van der Waals surface area contributed by atoms with Crippen molar-refractivity contribution in [2.24, 2.45) is 0 Å². The first-order valence-electron chi connectivity index (χ1n) is 7.10. The summed E-state index contributed by atoms with van der Waals surface area (Å²) < 4.78 is 0. The van der Waals surface area contributed by atoms with Crippen LogP contribution in [0.25, 0.3) is 0 Å². The number of hydrogen-bond acceptors (Lipinski definition) is 2. The third-order valence-electron chi connectivity index (χ3n) is 3.20. The van der Waals surface area contributed by atoms with Crippen molar-refractivity contribution in [1.82, 2.24) is 0 Å². The van der Waals surface area contributed by atoms with Gasteiger partial charge in [0.25, 0.3) is 5.91 Å². The van der Waals surface area contributed by atoms with Crippen LogP contribution in [-0.4, -0.2) is 5.91 Å². The van der Waals surface area contributed by atoms with E-state index in [0.717, 1.165) is 10.6 Å². The lowest BCUT2D eigenvalue weighted by atomic mass is 10.2. The summed E-state index contributed by atoms with van der Waals surface area (Å²) in [7, 11) is 0. The molecule has 3 aromatic rings. The third kappa shape index (κ3) is 4.38. The molecule has 0 bridgehead atoms. The predicted molar refractivity (Wildman–Crippen MR) is 96.4 cm³/mol. The van der Waals surface area contributed by atoms with Gasteiger partial charge in [-0.2, -0.15) is 0 Å². The van der Waals surface area contributed by atoms with Crippen molar-refractivity contribution in [3.8, 4) is 0 Å².